The Labute approximate surface area is 153 Å². The molecule has 0 aliphatic carbocycles. The van der Waals surface area contributed by atoms with Crippen LogP contribution >= 0.6 is 23.2 Å². The average molecular weight is 390 g/mol. The number of anilines is 1. The molecule has 0 bridgehead atoms. The Morgan fingerprint density at radius 1 is 1.12 bits per heavy atom. The first-order valence-electron chi connectivity index (χ1n) is 7.39. The first-order valence-corrected chi connectivity index (χ1v) is 8.15. The van der Waals surface area contributed by atoms with Crippen molar-refractivity contribution in [3.05, 3.63) is 10.4 Å². The van der Waals surface area contributed by atoms with E-state index in [4.69, 9.17) is 38.4 Å². The number of aryl methyl sites for hydroxylation is 1. The van der Waals surface area contributed by atoms with E-state index in [0.29, 0.717) is 24.1 Å². The third kappa shape index (κ3) is 5.17. The van der Waals surface area contributed by atoms with Gasteiger partial charge in [0.25, 0.3) is 0 Å². The fourth-order valence-corrected chi connectivity index (χ4v) is 2.61. The highest BCUT2D eigenvalue weighted by molar-refractivity contribution is 6.34. The second-order valence-corrected chi connectivity index (χ2v) is 6.03. The molecular weight excluding hydrogens is 373 g/mol. The van der Waals surface area contributed by atoms with Gasteiger partial charge in [-0.05, 0) is 18.0 Å². The predicted octanol–water partition coefficient (Wildman–Crippen LogP) is 1.85. The second-order valence-electron chi connectivity index (χ2n) is 5.34. The van der Waals surface area contributed by atoms with E-state index in [9.17, 15) is 9.59 Å². The van der Waals surface area contributed by atoms with Gasteiger partial charge in [0.05, 0.1) is 13.2 Å². The molecule has 0 fully saturated rings. The third-order valence-electron chi connectivity index (χ3n) is 3.33. The molecule has 0 aromatic carbocycles. The maximum Gasteiger partial charge on any atom is 0.302 e. The van der Waals surface area contributed by atoms with Crippen molar-refractivity contribution in [3.63, 3.8) is 0 Å². The van der Waals surface area contributed by atoms with Gasteiger partial charge in [-0.2, -0.15) is 9.97 Å². The topological polar surface area (TPSA) is 122 Å². The van der Waals surface area contributed by atoms with Crippen LogP contribution in [0.1, 0.15) is 20.3 Å². The third-order valence-corrected chi connectivity index (χ3v) is 3.88. The summed E-state index contributed by atoms with van der Waals surface area (Å²) >= 11 is 12.1. The smallest absolute Gasteiger partial charge is 0.302 e. The van der Waals surface area contributed by atoms with Gasteiger partial charge in [-0.1, -0.05) is 11.6 Å². The summed E-state index contributed by atoms with van der Waals surface area (Å²) in [7, 11) is 0. The highest BCUT2D eigenvalue weighted by atomic mass is 35.5. The van der Waals surface area contributed by atoms with Crippen LogP contribution in [0.3, 0.4) is 0 Å². The number of aromatic nitrogens is 4. The lowest BCUT2D eigenvalue weighted by atomic mass is 10.1. The van der Waals surface area contributed by atoms with Crippen LogP contribution in [0.2, 0.25) is 10.4 Å². The van der Waals surface area contributed by atoms with Crippen molar-refractivity contribution in [3.8, 4) is 0 Å². The van der Waals surface area contributed by atoms with Crippen LogP contribution in [0.4, 0.5) is 5.95 Å². The molecule has 0 aliphatic heterocycles. The van der Waals surface area contributed by atoms with Crippen molar-refractivity contribution in [1.82, 2.24) is 19.5 Å². The number of hydrogen-bond acceptors (Lipinski definition) is 8. The van der Waals surface area contributed by atoms with Crippen LogP contribution in [-0.2, 0) is 25.6 Å². The number of fused-ring (bicyclic) bond motifs is 1. The van der Waals surface area contributed by atoms with E-state index in [-0.39, 0.29) is 35.5 Å². The molecule has 0 spiro atoms. The number of carbonyl (C=O) groups is 2. The molecular formula is C14H17Cl2N5O4. The number of nitrogen functional groups attached to an aromatic ring is 1. The predicted molar refractivity (Wildman–Crippen MR) is 91.1 cm³/mol. The van der Waals surface area contributed by atoms with E-state index in [1.807, 2.05) is 0 Å². The van der Waals surface area contributed by atoms with Gasteiger partial charge in [-0.25, -0.2) is 4.98 Å². The highest BCUT2D eigenvalue weighted by Crippen LogP contribution is 2.25. The van der Waals surface area contributed by atoms with E-state index in [2.05, 4.69) is 15.0 Å². The monoisotopic (exact) mass is 389 g/mol. The number of esters is 2. The van der Waals surface area contributed by atoms with E-state index in [1.165, 1.54) is 13.8 Å². The Kier molecular flexibility index (Phi) is 6.38. The van der Waals surface area contributed by atoms with Crippen LogP contribution < -0.4 is 5.73 Å². The molecule has 0 saturated carbocycles. The molecule has 11 heteroatoms. The number of nitrogens with zero attached hydrogens (tertiary/aromatic N) is 4. The molecule has 2 rings (SSSR count). The van der Waals surface area contributed by atoms with Crippen LogP contribution in [0, 0.1) is 5.92 Å². The normalized spacial score (nSPS) is 11.1. The van der Waals surface area contributed by atoms with Gasteiger partial charge in [-0.15, -0.1) is 0 Å². The molecule has 0 atom stereocenters. The van der Waals surface area contributed by atoms with E-state index < -0.39 is 11.9 Å². The van der Waals surface area contributed by atoms with Crippen molar-refractivity contribution in [2.45, 2.75) is 26.8 Å². The van der Waals surface area contributed by atoms with Crippen molar-refractivity contribution in [2.75, 3.05) is 18.9 Å². The molecule has 25 heavy (non-hydrogen) atoms. The molecule has 0 aliphatic rings. The summed E-state index contributed by atoms with van der Waals surface area (Å²) in [5.41, 5.74) is 6.36. The van der Waals surface area contributed by atoms with E-state index in [1.54, 1.807) is 4.57 Å². The van der Waals surface area contributed by atoms with E-state index in [0.717, 1.165) is 0 Å². The number of nitrogens with two attached hydrogens (primary N) is 1. The van der Waals surface area contributed by atoms with Crippen molar-refractivity contribution >= 4 is 52.3 Å². The summed E-state index contributed by atoms with van der Waals surface area (Å²) in [5.74, 6) is -1.03. The zero-order chi connectivity index (χ0) is 18.6. The van der Waals surface area contributed by atoms with Gasteiger partial charge >= 0.3 is 11.9 Å². The summed E-state index contributed by atoms with van der Waals surface area (Å²) < 4.78 is 11.6. The maximum absolute atomic E-state index is 11.0. The molecule has 2 aromatic heterocycles. The number of carbonyl (C=O) groups excluding carboxylic acids is 2. The van der Waals surface area contributed by atoms with Crippen LogP contribution in [-0.4, -0.2) is 44.7 Å². The fraction of sp³-hybridized carbons (Fsp3) is 0.500. The average Bonchev–Trinajstić information content (AvgIpc) is 2.82. The maximum atomic E-state index is 11.0. The molecule has 0 amide bonds. The van der Waals surface area contributed by atoms with Crippen molar-refractivity contribution in [1.29, 1.82) is 0 Å². The van der Waals surface area contributed by atoms with Crippen LogP contribution in [0.5, 0.6) is 0 Å². The Morgan fingerprint density at radius 3 is 2.28 bits per heavy atom. The summed E-state index contributed by atoms with van der Waals surface area (Å²) in [5, 5.41) is 0.287. The first kappa shape index (κ1) is 19.2. The molecule has 0 saturated heterocycles. The van der Waals surface area contributed by atoms with Gasteiger partial charge < -0.3 is 15.2 Å². The molecule has 2 N–H and O–H groups in total. The van der Waals surface area contributed by atoms with Gasteiger partial charge in [0.15, 0.2) is 10.8 Å². The van der Waals surface area contributed by atoms with Gasteiger partial charge in [0, 0.05) is 26.3 Å². The fourth-order valence-electron chi connectivity index (χ4n) is 2.15. The second kappa shape index (κ2) is 8.30. The SMILES string of the molecule is CC(=O)OCC(CCn1c(Cl)nc2c(Cl)nc(N)nc21)COC(C)=O. The lowest BCUT2D eigenvalue weighted by molar-refractivity contribution is -0.146. The zero-order valence-electron chi connectivity index (χ0n) is 13.7. The summed E-state index contributed by atoms with van der Waals surface area (Å²) in [6.45, 7) is 3.24. The van der Waals surface area contributed by atoms with Gasteiger partial charge in [0.2, 0.25) is 11.2 Å². The first-order chi connectivity index (χ1) is 11.8. The van der Waals surface area contributed by atoms with Crippen LogP contribution in [0.15, 0.2) is 0 Å². The molecule has 2 aromatic rings. The number of ether oxygens (including phenoxy) is 2. The standard InChI is InChI=1S/C14H17Cl2N5O4/c1-7(22)24-5-9(6-25-8(2)23)3-4-21-12-10(18-13(21)16)11(15)19-14(17)20-12/h9H,3-6H2,1-2H3,(H2,17,19,20). The highest BCUT2D eigenvalue weighted by Gasteiger charge is 2.18. The minimum absolute atomic E-state index is 0.00620. The lowest BCUT2D eigenvalue weighted by Gasteiger charge is -2.17. The van der Waals surface area contributed by atoms with E-state index >= 15 is 0 Å². The molecule has 9 nitrogen and oxygen atoms in total. The molecule has 0 radical (unpaired) electrons. The molecule has 136 valence electrons. The minimum Gasteiger partial charge on any atom is -0.465 e. The van der Waals surface area contributed by atoms with Gasteiger partial charge in [0.1, 0.15) is 5.52 Å². The summed E-state index contributed by atoms with van der Waals surface area (Å²) in [4.78, 5) is 34.1. The number of hydrogen-bond donors (Lipinski definition) is 1. The number of imidazole rings is 1. The quantitative estimate of drug-likeness (QED) is 0.432. The summed E-state index contributed by atoms with van der Waals surface area (Å²) in [6.07, 6.45) is 0.493. The molecule has 0 unspecified atom stereocenters. The Bertz CT molecular complexity index is 777. The number of rotatable bonds is 7. The Balaban J connectivity index is 2.15. The number of halogens is 2. The zero-order valence-corrected chi connectivity index (χ0v) is 15.2. The summed E-state index contributed by atoms with van der Waals surface area (Å²) in [6, 6.07) is 0. The largest absolute Gasteiger partial charge is 0.465 e. The van der Waals surface area contributed by atoms with Gasteiger partial charge in [-0.3, -0.25) is 14.2 Å². The van der Waals surface area contributed by atoms with Crippen molar-refractivity contribution in [2.24, 2.45) is 5.92 Å². The minimum atomic E-state index is -0.411. The molecule has 2 heterocycles. The van der Waals surface area contributed by atoms with Crippen LogP contribution in [0.25, 0.3) is 11.2 Å². The lowest BCUT2D eigenvalue weighted by Crippen LogP contribution is -2.21. The van der Waals surface area contributed by atoms with Crippen molar-refractivity contribution < 1.29 is 19.1 Å². The Hall–Kier alpha value is -2.13. The Morgan fingerprint density at radius 2 is 1.72 bits per heavy atom.